The summed E-state index contributed by atoms with van der Waals surface area (Å²) in [5.41, 5.74) is 0.752. The first-order chi connectivity index (χ1) is 18.8. The molecule has 3 atom stereocenters. The molecule has 0 saturated carbocycles. The van der Waals surface area contributed by atoms with E-state index in [4.69, 9.17) is 9.47 Å². The molecule has 1 saturated heterocycles. The minimum Gasteiger partial charge on any atom is -0.457 e. The maximum absolute atomic E-state index is 13.4. The molecule has 7 nitrogen and oxygen atoms in total. The average molecular weight is 540 g/mol. The lowest BCUT2D eigenvalue weighted by atomic mass is 9.73. The third kappa shape index (κ3) is 8.95. The van der Waals surface area contributed by atoms with Crippen LogP contribution < -0.4 is 15.4 Å². The standard InChI is InChI=1S/C32H49N3O4/c1-24(2)20-27(22-33-4)34-31(36)35-18-11-13-26(23-35)32(37,17-8-9-19-38-5)29-15-6-7-16-30(29)39-28-14-10-12-25(3)21-28/h6-7,10,12,14-16,21,24,26-27,33,37H,8-9,11,13,17-20,22-23H2,1-5H3,(H,34,36)/t26-,27?,32+/m1/s1. The quantitative estimate of drug-likeness (QED) is 0.263. The molecule has 1 heterocycles. The third-order valence-corrected chi connectivity index (χ3v) is 7.65. The molecule has 216 valence electrons. The van der Waals surface area contributed by atoms with Crippen LogP contribution in [0.5, 0.6) is 11.5 Å². The topological polar surface area (TPSA) is 83.1 Å². The molecule has 2 aromatic carbocycles. The van der Waals surface area contributed by atoms with Crippen LogP contribution >= 0.6 is 0 Å². The third-order valence-electron chi connectivity index (χ3n) is 7.65. The lowest BCUT2D eigenvalue weighted by Crippen LogP contribution is -2.54. The van der Waals surface area contributed by atoms with E-state index in [0.29, 0.717) is 37.8 Å². The summed E-state index contributed by atoms with van der Waals surface area (Å²) >= 11 is 0. The number of hydrogen-bond donors (Lipinski definition) is 3. The van der Waals surface area contributed by atoms with Gasteiger partial charge in [0.25, 0.3) is 0 Å². The van der Waals surface area contributed by atoms with Gasteiger partial charge in [0, 0.05) is 50.9 Å². The van der Waals surface area contributed by atoms with Gasteiger partial charge in [-0.05, 0) is 82.2 Å². The lowest BCUT2D eigenvalue weighted by Gasteiger charge is -2.43. The molecule has 2 aromatic rings. The number of amides is 2. The minimum atomic E-state index is -1.14. The summed E-state index contributed by atoms with van der Waals surface area (Å²) in [4.78, 5) is 15.3. The van der Waals surface area contributed by atoms with Gasteiger partial charge in [0.1, 0.15) is 11.5 Å². The molecule has 0 bridgehead atoms. The van der Waals surface area contributed by atoms with Gasteiger partial charge in [0.15, 0.2) is 0 Å². The van der Waals surface area contributed by atoms with Crippen molar-refractivity contribution in [3.63, 3.8) is 0 Å². The Kier molecular flexibility index (Phi) is 12.1. The van der Waals surface area contributed by atoms with Gasteiger partial charge in [-0.2, -0.15) is 0 Å². The van der Waals surface area contributed by atoms with Crippen molar-refractivity contribution in [1.82, 2.24) is 15.5 Å². The highest BCUT2D eigenvalue weighted by molar-refractivity contribution is 5.74. The van der Waals surface area contributed by atoms with Crippen molar-refractivity contribution in [3.8, 4) is 11.5 Å². The molecule has 0 radical (unpaired) electrons. The maximum atomic E-state index is 13.4. The summed E-state index contributed by atoms with van der Waals surface area (Å²) in [5, 5.41) is 19.0. The highest BCUT2D eigenvalue weighted by Gasteiger charge is 2.43. The van der Waals surface area contributed by atoms with Crippen LogP contribution in [0.4, 0.5) is 4.79 Å². The summed E-state index contributed by atoms with van der Waals surface area (Å²) in [6.07, 6.45) is 4.84. The predicted octanol–water partition coefficient (Wildman–Crippen LogP) is 5.85. The van der Waals surface area contributed by atoms with E-state index in [0.717, 1.165) is 55.5 Å². The molecule has 0 spiro atoms. The van der Waals surface area contributed by atoms with Crippen LogP contribution in [-0.2, 0) is 10.3 Å². The van der Waals surface area contributed by atoms with Crippen LogP contribution in [0, 0.1) is 18.8 Å². The number of piperidine rings is 1. The van der Waals surface area contributed by atoms with E-state index < -0.39 is 5.60 Å². The number of urea groups is 1. The number of rotatable bonds is 14. The van der Waals surface area contributed by atoms with Gasteiger partial charge in [0.2, 0.25) is 0 Å². The molecule has 0 aromatic heterocycles. The van der Waals surface area contributed by atoms with Crippen molar-refractivity contribution >= 4 is 6.03 Å². The van der Waals surface area contributed by atoms with Gasteiger partial charge >= 0.3 is 6.03 Å². The fourth-order valence-electron chi connectivity index (χ4n) is 5.74. The number of methoxy groups -OCH3 is 1. The van der Waals surface area contributed by atoms with Gasteiger partial charge < -0.3 is 30.1 Å². The molecular formula is C32H49N3O4. The molecule has 1 unspecified atom stereocenters. The minimum absolute atomic E-state index is 0.0494. The number of unbranched alkanes of at least 4 members (excludes halogenated alkanes) is 1. The second kappa shape index (κ2) is 15.2. The number of para-hydroxylation sites is 1. The summed E-state index contributed by atoms with van der Waals surface area (Å²) in [7, 11) is 3.62. The summed E-state index contributed by atoms with van der Waals surface area (Å²) < 4.78 is 11.6. The number of likely N-dealkylation sites (tertiary alicyclic amines) is 1. The molecule has 1 fully saturated rings. The maximum Gasteiger partial charge on any atom is 0.317 e. The lowest BCUT2D eigenvalue weighted by molar-refractivity contribution is -0.0575. The Labute approximate surface area is 235 Å². The number of carbonyl (C=O) groups excluding carboxylic acids is 1. The smallest absolute Gasteiger partial charge is 0.317 e. The van der Waals surface area contributed by atoms with Crippen LogP contribution in [0.15, 0.2) is 48.5 Å². The first kappa shape index (κ1) is 30.9. The monoisotopic (exact) mass is 539 g/mol. The van der Waals surface area contributed by atoms with E-state index in [2.05, 4.69) is 24.5 Å². The Morgan fingerprint density at radius 2 is 1.97 bits per heavy atom. The van der Waals surface area contributed by atoms with Crippen molar-refractivity contribution in [2.75, 3.05) is 40.4 Å². The summed E-state index contributed by atoms with van der Waals surface area (Å²) in [5.74, 6) is 1.77. The second-order valence-electron chi connectivity index (χ2n) is 11.4. The summed E-state index contributed by atoms with van der Waals surface area (Å²) in [6.45, 7) is 8.96. The van der Waals surface area contributed by atoms with Crippen molar-refractivity contribution in [2.45, 2.75) is 70.9 Å². The molecule has 7 heteroatoms. The number of likely N-dealkylation sites (N-methyl/N-ethyl adjacent to an activating group) is 1. The molecule has 1 aliphatic heterocycles. The molecular weight excluding hydrogens is 490 g/mol. The predicted molar refractivity (Wildman–Crippen MR) is 157 cm³/mol. The molecule has 0 aliphatic carbocycles. The second-order valence-corrected chi connectivity index (χ2v) is 11.4. The van der Waals surface area contributed by atoms with Crippen molar-refractivity contribution < 1.29 is 19.4 Å². The molecule has 1 aliphatic rings. The first-order valence-electron chi connectivity index (χ1n) is 14.5. The van der Waals surface area contributed by atoms with Crippen molar-refractivity contribution in [2.24, 2.45) is 11.8 Å². The first-order valence-corrected chi connectivity index (χ1v) is 14.5. The van der Waals surface area contributed by atoms with Crippen LogP contribution in [0.25, 0.3) is 0 Å². The molecule has 3 N–H and O–H groups in total. The molecule has 39 heavy (non-hydrogen) atoms. The number of aliphatic hydroxyl groups is 1. The van der Waals surface area contributed by atoms with Crippen molar-refractivity contribution in [3.05, 3.63) is 59.7 Å². The summed E-state index contributed by atoms with van der Waals surface area (Å²) in [6, 6.07) is 15.8. The Morgan fingerprint density at radius 3 is 2.69 bits per heavy atom. The van der Waals surface area contributed by atoms with Crippen LogP contribution in [0.1, 0.15) is 63.5 Å². The number of benzene rings is 2. The van der Waals surface area contributed by atoms with Crippen LogP contribution in [-0.4, -0.2) is 62.5 Å². The Hall–Kier alpha value is -2.61. The largest absolute Gasteiger partial charge is 0.457 e. The number of nitrogens with zero attached hydrogens (tertiary/aromatic N) is 1. The molecule has 2 amide bonds. The van der Waals surface area contributed by atoms with E-state index in [9.17, 15) is 9.90 Å². The number of nitrogens with one attached hydrogen (secondary N) is 2. The Bertz CT molecular complexity index is 1030. The van der Waals surface area contributed by atoms with E-state index >= 15 is 0 Å². The van der Waals surface area contributed by atoms with Gasteiger partial charge in [-0.3, -0.25) is 0 Å². The van der Waals surface area contributed by atoms with Crippen molar-refractivity contribution in [1.29, 1.82) is 0 Å². The van der Waals surface area contributed by atoms with Gasteiger partial charge in [-0.25, -0.2) is 4.79 Å². The average Bonchev–Trinajstić information content (AvgIpc) is 2.91. The van der Waals surface area contributed by atoms with Gasteiger partial charge in [-0.1, -0.05) is 44.2 Å². The normalized spacial score (nSPS) is 18.0. The van der Waals surface area contributed by atoms with E-state index in [-0.39, 0.29) is 18.0 Å². The SMILES string of the molecule is CNCC(CC(C)C)NC(=O)N1CCC[C@@H]([C@@](O)(CCCCOC)c2ccccc2Oc2cccc(C)c2)C1. The fourth-order valence-corrected chi connectivity index (χ4v) is 5.74. The fraction of sp³-hybridized carbons (Fsp3) is 0.594. The number of carbonyl (C=O) groups is 1. The van der Waals surface area contributed by atoms with E-state index in [1.54, 1.807) is 7.11 Å². The highest BCUT2D eigenvalue weighted by atomic mass is 16.5. The number of hydrogen-bond acceptors (Lipinski definition) is 5. The van der Waals surface area contributed by atoms with Crippen LogP contribution in [0.2, 0.25) is 0 Å². The van der Waals surface area contributed by atoms with Gasteiger partial charge in [0.05, 0.1) is 5.60 Å². The number of ether oxygens (including phenoxy) is 2. The zero-order valence-electron chi connectivity index (χ0n) is 24.5. The van der Waals surface area contributed by atoms with Gasteiger partial charge in [-0.15, -0.1) is 0 Å². The Morgan fingerprint density at radius 1 is 1.18 bits per heavy atom. The molecule has 3 rings (SSSR count). The highest BCUT2D eigenvalue weighted by Crippen LogP contribution is 2.44. The van der Waals surface area contributed by atoms with Crippen LogP contribution in [0.3, 0.4) is 0 Å². The van der Waals surface area contributed by atoms with E-state index in [1.165, 1.54) is 0 Å². The Balaban J connectivity index is 1.86. The van der Waals surface area contributed by atoms with E-state index in [1.807, 2.05) is 67.4 Å². The number of aryl methyl sites for hydroxylation is 1. The zero-order chi connectivity index (χ0) is 28.3. The zero-order valence-corrected chi connectivity index (χ0v) is 24.5.